The number of imidazole rings is 1. The predicted octanol–water partition coefficient (Wildman–Crippen LogP) is 1.35. The number of aromatic nitrogens is 3. The Morgan fingerprint density at radius 1 is 1.45 bits per heavy atom. The van der Waals surface area contributed by atoms with E-state index in [4.69, 9.17) is 0 Å². The zero-order valence-corrected chi connectivity index (χ0v) is 12.2. The van der Waals surface area contributed by atoms with Gasteiger partial charge in [-0.05, 0) is 32.6 Å². The Labute approximate surface area is 120 Å². The Morgan fingerprint density at radius 3 is 3.05 bits per heavy atom. The van der Waals surface area contributed by atoms with Gasteiger partial charge in [0.1, 0.15) is 6.04 Å². The molecule has 1 aliphatic heterocycles. The molecular weight excluding hydrogens is 274 g/mol. The molecule has 1 saturated carbocycles. The molecule has 106 valence electrons. The van der Waals surface area contributed by atoms with Crippen LogP contribution in [0.5, 0.6) is 0 Å². The van der Waals surface area contributed by atoms with E-state index < -0.39 is 0 Å². The van der Waals surface area contributed by atoms with Crippen LogP contribution >= 0.6 is 11.3 Å². The quantitative estimate of drug-likeness (QED) is 0.927. The molecule has 1 amide bonds. The Morgan fingerprint density at radius 2 is 2.30 bits per heavy atom. The van der Waals surface area contributed by atoms with Gasteiger partial charge in [-0.3, -0.25) is 4.79 Å². The molecule has 20 heavy (non-hydrogen) atoms. The number of rotatable bonds is 3. The fourth-order valence-electron chi connectivity index (χ4n) is 2.71. The minimum atomic E-state index is -0.0625. The molecule has 3 heterocycles. The van der Waals surface area contributed by atoms with Crippen LogP contribution in [0.25, 0.3) is 4.96 Å². The average molecular weight is 291 g/mol. The van der Waals surface area contributed by atoms with Gasteiger partial charge in [0.05, 0.1) is 11.9 Å². The topological polar surface area (TPSA) is 62.5 Å². The number of fused-ring (bicyclic) bond motifs is 1. The average Bonchev–Trinajstić information content (AvgIpc) is 2.84. The van der Waals surface area contributed by atoms with Gasteiger partial charge in [-0.1, -0.05) is 11.3 Å². The molecule has 2 aromatic heterocycles. The molecule has 2 fully saturated rings. The maximum Gasteiger partial charge on any atom is 0.243 e. The largest absolute Gasteiger partial charge is 0.352 e. The number of hydrogen-bond acceptors (Lipinski definition) is 5. The van der Waals surface area contributed by atoms with Crippen LogP contribution in [-0.2, 0) is 4.79 Å². The van der Waals surface area contributed by atoms with Crippen LogP contribution in [0.2, 0.25) is 0 Å². The van der Waals surface area contributed by atoms with Crippen LogP contribution in [0.15, 0.2) is 6.20 Å². The SMILES string of the molecule is Cc1cn2nc(N3CCCC3C(=O)NC3CC3)sc2n1. The summed E-state index contributed by atoms with van der Waals surface area (Å²) in [6.45, 7) is 2.86. The van der Waals surface area contributed by atoms with Gasteiger partial charge in [-0.15, -0.1) is 5.10 Å². The minimum absolute atomic E-state index is 0.0625. The number of nitrogens with zero attached hydrogens (tertiary/aromatic N) is 4. The maximum atomic E-state index is 12.3. The molecular formula is C13H17N5OS. The van der Waals surface area contributed by atoms with E-state index in [1.807, 2.05) is 17.6 Å². The third kappa shape index (κ3) is 2.06. The predicted molar refractivity (Wildman–Crippen MR) is 77.1 cm³/mol. The van der Waals surface area contributed by atoms with Crippen molar-refractivity contribution in [2.75, 3.05) is 11.4 Å². The molecule has 0 aromatic carbocycles. The molecule has 1 N–H and O–H groups in total. The Balaban J connectivity index is 1.58. The van der Waals surface area contributed by atoms with E-state index in [-0.39, 0.29) is 11.9 Å². The van der Waals surface area contributed by atoms with E-state index in [2.05, 4.69) is 20.3 Å². The van der Waals surface area contributed by atoms with Crippen molar-refractivity contribution in [1.82, 2.24) is 19.9 Å². The van der Waals surface area contributed by atoms with E-state index in [1.165, 1.54) is 0 Å². The summed E-state index contributed by atoms with van der Waals surface area (Å²) in [5.74, 6) is 0.161. The molecule has 1 saturated heterocycles. The van der Waals surface area contributed by atoms with Gasteiger partial charge in [-0.2, -0.15) is 0 Å². The first-order valence-electron chi connectivity index (χ1n) is 7.10. The highest BCUT2D eigenvalue weighted by Crippen LogP contribution is 2.30. The van der Waals surface area contributed by atoms with Crippen molar-refractivity contribution in [1.29, 1.82) is 0 Å². The van der Waals surface area contributed by atoms with Crippen molar-refractivity contribution in [3.8, 4) is 0 Å². The number of carbonyl (C=O) groups excluding carboxylic acids is 1. The first kappa shape index (κ1) is 12.1. The zero-order chi connectivity index (χ0) is 13.7. The lowest BCUT2D eigenvalue weighted by molar-refractivity contribution is -0.122. The van der Waals surface area contributed by atoms with Crippen LogP contribution < -0.4 is 10.2 Å². The summed E-state index contributed by atoms with van der Waals surface area (Å²) in [4.78, 5) is 19.7. The molecule has 0 radical (unpaired) electrons. The van der Waals surface area contributed by atoms with E-state index >= 15 is 0 Å². The summed E-state index contributed by atoms with van der Waals surface area (Å²) in [7, 11) is 0. The van der Waals surface area contributed by atoms with Gasteiger partial charge in [0.15, 0.2) is 0 Å². The summed E-state index contributed by atoms with van der Waals surface area (Å²) in [6.07, 6.45) is 6.14. The van der Waals surface area contributed by atoms with Gasteiger partial charge in [-0.25, -0.2) is 9.50 Å². The molecule has 4 rings (SSSR count). The second kappa shape index (κ2) is 4.44. The van der Waals surface area contributed by atoms with Crippen LogP contribution in [-0.4, -0.2) is 39.1 Å². The molecule has 1 unspecified atom stereocenters. The van der Waals surface area contributed by atoms with Crippen LogP contribution in [0.3, 0.4) is 0 Å². The fourth-order valence-corrected chi connectivity index (χ4v) is 3.71. The first-order valence-corrected chi connectivity index (χ1v) is 7.92. The smallest absolute Gasteiger partial charge is 0.243 e. The molecule has 1 atom stereocenters. The second-order valence-electron chi connectivity index (χ2n) is 5.63. The summed E-state index contributed by atoms with van der Waals surface area (Å²) in [5.41, 5.74) is 0.972. The monoisotopic (exact) mass is 291 g/mol. The summed E-state index contributed by atoms with van der Waals surface area (Å²) in [5, 5.41) is 8.57. The maximum absolute atomic E-state index is 12.3. The molecule has 0 spiro atoms. The van der Waals surface area contributed by atoms with Crippen molar-refractivity contribution in [2.24, 2.45) is 0 Å². The lowest BCUT2D eigenvalue weighted by Crippen LogP contribution is -2.44. The van der Waals surface area contributed by atoms with E-state index in [1.54, 1.807) is 11.3 Å². The number of nitrogens with one attached hydrogen (secondary N) is 1. The zero-order valence-electron chi connectivity index (χ0n) is 11.4. The molecule has 1 aliphatic carbocycles. The summed E-state index contributed by atoms with van der Waals surface area (Å²) in [6, 6.07) is 0.355. The van der Waals surface area contributed by atoms with Crippen LogP contribution in [0.1, 0.15) is 31.4 Å². The Kier molecular flexibility index (Phi) is 2.70. The number of amides is 1. The lowest BCUT2D eigenvalue weighted by Gasteiger charge is -2.22. The minimum Gasteiger partial charge on any atom is -0.352 e. The van der Waals surface area contributed by atoms with Crippen LogP contribution in [0, 0.1) is 6.92 Å². The van der Waals surface area contributed by atoms with Crippen LogP contribution in [0.4, 0.5) is 5.13 Å². The van der Waals surface area contributed by atoms with E-state index in [0.29, 0.717) is 6.04 Å². The van der Waals surface area contributed by atoms with Crippen molar-refractivity contribution in [3.63, 3.8) is 0 Å². The van der Waals surface area contributed by atoms with Gasteiger partial charge < -0.3 is 10.2 Å². The van der Waals surface area contributed by atoms with Gasteiger partial charge >= 0.3 is 0 Å². The molecule has 2 aliphatic rings. The third-order valence-electron chi connectivity index (χ3n) is 3.88. The molecule has 2 aromatic rings. The Bertz CT molecular complexity index is 627. The molecule has 7 heteroatoms. The van der Waals surface area contributed by atoms with Gasteiger partial charge in [0, 0.05) is 12.6 Å². The number of aryl methyl sites for hydroxylation is 1. The highest BCUT2D eigenvalue weighted by molar-refractivity contribution is 7.20. The Hall–Kier alpha value is -1.63. The lowest BCUT2D eigenvalue weighted by atomic mass is 10.2. The number of anilines is 1. The van der Waals surface area contributed by atoms with Crippen molar-refractivity contribution in [3.05, 3.63) is 11.9 Å². The first-order chi connectivity index (χ1) is 9.70. The van der Waals surface area contributed by atoms with E-state index in [0.717, 1.165) is 48.0 Å². The number of hydrogen-bond donors (Lipinski definition) is 1. The van der Waals surface area contributed by atoms with Crippen molar-refractivity contribution < 1.29 is 4.79 Å². The summed E-state index contributed by atoms with van der Waals surface area (Å²) >= 11 is 1.56. The molecule has 6 nitrogen and oxygen atoms in total. The van der Waals surface area contributed by atoms with Crippen molar-refractivity contribution in [2.45, 2.75) is 44.7 Å². The highest BCUT2D eigenvalue weighted by atomic mass is 32.1. The summed E-state index contributed by atoms with van der Waals surface area (Å²) < 4.78 is 1.81. The number of carbonyl (C=O) groups is 1. The fraction of sp³-hybridized carbons (Fsp3) is 0.615. The molecule has 0 bridgehead atoms. The third-order valence-corrected chi connectivity index (χ3v) is 4.84. The normalized spacial score (nSPS) is 22.6. The highest BCUT2D eigenvalue weighted by Gasteiger charge is 2.35. The van der Waals surface area contributed by atoms with Gasteiger partial charge in [0.2, 0.25) is 16.0 Å². The van der Waals surface area contributed by atoms with Crippen molar-refractivity contribution >= 4 is 27.3 Å². The van der Waals surface area contributed by atoms with Gasteiger partial charge in [0.25, 0.3) is 0 Å². The standard InChI is InChI=1S/C13H17N5OS/c1-8-7-18-12(14-8)20-13(16-18)17-6-2-3-10(17)11(19)15-9-4-5-9/h7,9-10H,2-6H2,1H3,(H,15,19). The second-order valence-corrected chi connectivity index (χ2v) is 6.56. The van der Waals surface area contributed by atoms with E-state index in [9.17, 15) is 4.79 Å².